The van der Waals surface area contributed by atoms with Crippen LogP contribution in [0.5, 0.6) is 0 Å². The molecular formula is C19H17BrN4O. The molecule has 3 aromatic rings. The van der Waals surface area contributed by atoms with Gasteiger partial charge in [0.1, 0.15) is 5.69 Å². The summed E-state index contributed by atoms with van der Waals surface area (Å²) in [4.78, 5) is 20.9. The SMILES string of the molecule is CC(Nc1nccc(C(=O)Nc2ccc(Br)cc2)n1)c1ccccc1. The number of carbonyl (C=O) groups is 1. The van der Waals surface area contributed by atoms with E-state index in [-0.39, 0.29) is 11.9 Å². The van der Waals surface area contributed by atoms with Crippen molar-refractivity contribution in [3.63, 3.8) is 0 Å². The molecule has 3 rings (SSSR count). The summed E-state index contributed by atoms with van der Waals surface area (Å²) in [5, 5.41) is 6.04. The van der Waals surface area contributed by atoms with Crippen LogP contribution in [0.1, 0.15) is 29.0 Å². The lowest BCUT2D eigenvalue weighted by atomic mass is 10.1. The summed E-state index contributed by atoms with van der Waals surface area (Å²) < 4.78 is 0.953. The molecule has 5 nitrogen and oxygen atoms in total. The quantitative estimate of drug-likeness (QED) is 0.657. The van der Waals surface area contributed by atoms with Gasteiger partial charge < -0.3 is 10.6 Å². The fourth-order valence-corrected chi connectivity index (χ4v) is 2.57. The number of nitrogens with one attached hydrogen (secondary N) is 2. The van der Waals surface area contributed by atoms with Crippen molar-refractivity contribution in [1.29, 1.82) is 0 Å². The molecule has 2 N–H and O–H groups in total. The van der Waals surface area contributed by atoms with Gasteiger partial charge in [-0.2, -0.15) is 0 Å². The molecule has 1 unspecified atom stereocenters. The molecule has 0 saturated heterocycles. The maximum absolute atomic E-state index is 12.4. The Hall–Kier alpha value is -2.73. The number of hydrogen-bond donors (Lipinski definition) is 2. The summed E-state index contributed by atoms with van der Waals surface area (Å²) in [6.07, 6.45) is 1.57. The van der Waals surface area contributed by atoms with Crippen LogP contribution in [-0.2, 0) is 0 Å². The maximum Gasteiger partial charge on any atom is 0.274 e. The number of aromatic nitrogens is 2. The van der Waals surface area contributed by atoms with Gasteiger partial charge in [-0.15, -0.1) is 0 Å². The molecule has 126 valence electrons. The third-order valence-electron chi connectivity index (χ3n) is 3.64. The van der Waals surface area contributed by atoms with Crippen LogP contribution in [0, 0.1) is 0 Å². The molecule has 1 heterocycles. The predicted molar refractivity (Wildman–Crippen MR) is 103 cm³/mol. The fourth-order valence-electron chi connectivity index (χ4n) is 2.30. The van der Waals surface area contributed by atoms with E-state index in [0.717, 1.165) is 10.0 Å². The van der Waals surface area contributed by atoms with Crippen LogP contribution >= 0.6 is 15.9 Å². The molecule has 1 amide bonds. The number of benzene rings is 2. The predicted octanol–water partition coefficient (Wildman–Crippen LogP) is 4.66. The fraction of sp³-hybridized carbons (Fsp3) is 0.105. The summed E-state index contributed by atoms with van der Waals surface area (Å²) >= 11 is 3.37. The van der Waals surface area contributed by atoms with Crippen LogP contribution < -0.4 is 10.6 Å². The molecule has 0 bridgehead atoms. The highest BCUT2D eigenvalue weighted by atomic mass is 79.9. The lowest BCUT2D eigenvalue weighted by Gasteiger charge is -2.14. The van der Waals surface area contributed by atoms with Crippen LogP contribution in [0.25, 0.3) is 0 Å². The number of nitrogens with zero attached hydrogens (tertiary/aromatic N) is 2. The first-order valence-electron chi connectivity index (χ1n) is 7.83. The number of halogens is 1. The van der Waals surface area contributed by atoms with Gasteiger partial charge >= 0.3 is 0 Å². The minimum Gasteiger partial charge on any atom is -0.348 e. The second-order valence-electron chi connectivity index (χ2n) is 5.50. The second kappa shape index (κ2) is 7.90. The van der Waals surface area contributed by atoms with Crippen molar-refractivity contribution >= 4 is 33.5 Å². The summed E-state index contributed by atoms with van der Waals surface area (Å²) in [7, 11) is 0. The lowest BCUT2D eigenvalue weighted by Crippen LogP contribution is -2.16. The van der Waals surface area contributed by atoms with Gasteiger partial charge in [0.05, 0.1) is 6.04 Å². The third kappa shape index (κ3) is 4.64. The summed E-state index contributed by atoms with van der Waals surface area (Å²) in [6, 6.07) is 19.0. The van der Waals surface area contributed by atoms with Gasteiger partial charge in [0.15, 0.2) is 0 Å². The molecule has 0 aliphatic rings. The molecule has 0 radical (unpaired) electrons. The van der Waals surface area contributed by atoms with E-state index in [9.17, 15) is 4.79 Å². The number of amides is 1. The Kier molecular flexibility index (Phi) is 5.40. The van der Waals surface area contributed by atoms with Crippen molar-refractivity contribution in [3.8, 4) is 0 Å². The minimum absolute atomic E-state index is 0.0333. The van der Waals surface area contributed by atoms with Gasteiger partial charge in [-0.1, -0.05) is 46.3 Å². The second-order valence-corrected chi connectivity index (χ2v) is 6.42. The topological polar surface area (TPSA) is 66.9 Å². The Bertz CT molecular complexity index is 853. The number of carbonyl (C=O) groups excluding carboxylic acids is 1. The van der Waals surface area contributed by atoms with Gasteiger partial charge in [-0.25, -0.2) is 9.97 Å². The average Bonchev–Trinajstić information content (AvgIpc) is 2.64. The van der Waals surface area contributed by atoms with Gasteiger partial charge in [-0.3, -0.25) is 4.79 Å². The third-order valence-corrected chi connectivity index (χ3v) is 4.16. The minimum atomic E-state index is -0.278. The summed E-state index contributed by atoms with van der Waals surface area (Å²) in [5.41, 5.74) is 2.13. The Balaban J connectivity index is 1.70. The van der Waals surface area contributed by atoms with E-state index in [0.29, 0.717) is 17.3 Å². The Morgan fingerprint density at radius 3 is 2.48 bits per heavy atom. The molecule has 1 aromatic heterocycles. The highest BCUT2D eigenvalue weighted by Crippen LogP contribution is 2.17. The summed E-state index contributed by atoms with van der Waals surface area (Å²) in [6.45, 7) is 2.02. The van der Waals surface area contributed by atoms with E-state index in [2.05, 4.69) is 36.5 Å². The highest BCUT2D eigenvalue weighted by molar-refractivity contribution is 9.10. The monoisotopic (exact) mass is 396 g/mol. The molecule has 1 atom stereocenters. The Labute approximate surface area is 154 Å². The molecule has 0 spiro atoms. The van der Waals surface area contributed by atoms with Crippen LogP contribution in [0.3, 0.4) is 0 Å². The van der Waals surface area contributed by atoms with Crippen molar-refractivity contribution in [3.05, 3.63) is 82.6 Å². The molecule has 0 aliphatic carbocycles. The smallest absolute Gasteiger partial charge is 0.274 e. The van der Waals surface area contributed by atoms with Crippen molar-refractivity contribution in [2.75, 3.05) is 10.6 Å². The van der Waals surface area contributed by atoms with Crippen molar-refractivity contribution in [2.24, 2.45) is 0 Å². The van der Waals surface area contributed by atoms with Crippen LogP contribution in [0.15, 0.2) is 71.3 Å². The first-order valence-corrected chi connectivity index (χ1v) is 8.62. The zero-order valence-electron chi connectivity index (χ0n) is 13.6. The molecule has 25 heavy (non-hydrogen) atoms. The van der Waals surface area contributed by atoms with Crippen LogP contribution in [0.2, 0.25) is 0 Å². The summed E-state index contributed by atoms with van der Waals surface area (Å²) in [5.74, 6) is 0.139. The lowest BCUT2D eigenvalue weighted by molar-refractivity contribution is 0.102. The zero-order chi connectivity index (χ0) is 17.6. The maximum atomic E-state index is 12.4. The number of hydrogen-bond acceptors (Lipinski definition) is 4. The molecular weight excluding hydrogens is 380 g/mol. The number of anilines is 2. The van der Waals surface area contributed by atoms with Crippen molar-refractivity contribution in [2.45, 2.75) is 13.0 Å². The van der Waals surface area contributed by atoms with Crippen LogP contribution in [-0.4, -0.2) is 15.9 Å². The van der Waals surface area contributed by atoms with E-state index in [1.165, 1.54) is 0 Å². The van der Waals surface area contributed by atoms with Gasteiger partial charge in [0, 0.05) is 16.4 Å². The zero-order valence-corrected chi connectivity index (χ0v) is 15.2. The normalized spacial score (nSPS) is 11.6. The molecule has 0 aliphatic heterocycles. The van der Waals surface area contributed by atoms with Crippen molar-refractivity contribution < 1.29 is 4.79 Å². The van der Waals surface area contributed by atoms with E-state index < -0.39 is 0 Å². The molecule has 2 aromatic carbocycles. The molecule has 6 heteroatoms. The van der Waals surface area contributed by atoms with Gasteiger partial charge in [-0.05, 0) is 42.8 Å². The van der Waals surface area contributed by atoms with E-state index in [1.807, 2.05) is 61.5 Å². The van der Waals surface area contributed by atoms with E-state index in [1.54, 1.807) is 12.3 Å². The van der Waals surface area contributed by atoms with E-state index >= 15 is 0 Å². The number of rotatable bonds is 5. The first kappa shape index (κ1) is 17.1. The van der Waals surface area contributed by atoms with Gasteiger partial charge in [0.25, 0.3) is 5.91 Å². The first-order chi connectivity index (χ1) is 12.1. The van der Waals surface area contributed by atoms with Crippen LogP contribution in [0.4, 0.5) is 11.6 Å². The molecule has 0 fully saturated rings. The standard InChI is InChI=1S/C19H17BrN4O/c1-13(14-5-3-2-4-6-14)22-19-21-12-11-17(24-19)18(25)23-16-9-7-15(20)8-10-16/h2-13H,1H3,(H,23,25)(H,21,22,24). The van der Waals surface area contributed by atoms with Gasteiger partial charge in [0.2, 0.25) is 5.95 Å². The molecule has 0 saturated carbocycles. The average molecular weight is 397 g/mol. The largest absolute Gasteiger partial charge is 0.348 e. The van der Waals surface area contributed by atoms with Crippen molar-refractivity contribution in [1.82, 2.24) is 9.97 Å². The van der Waals surface area contributed by atoms with E-state index in [4.69, 9.17) is 0 Å². The Morgan fingerprint density at radius 2 is 1.76 bits per heavy atom. The highest BCUT2D eigenvalue weighted by Gasteiger charge is 2.11. The Morgan fingerprint density at radius 1 is 1.04 bits per heavy atom.